The van der Waals surface area contributed by atoms with Gasteiger partial charge in [0, 0.05) is 31.5 Å². The van der Waals surface area contributed by atoms with Gasteiger partial charge in [-0.05, 0) is 37.8 Å². The quantitative estimate of drug-likeness (QED) is 0.257. The maximum absolute atomic E-state index is 14.0. The molecule has 2 aromatic rings. The molecule has 0 spiro atoms. The molecule has 6 atom stereocenters. The maximum atomic E-state index is 14.0. The fourth-order valence-corrected chi connectivity index (χ4v) is 7.01. The Balaban J connectivity index is 1.44. The van der Waals surface area contributed by atoms with Crippen LogP contribution in [0, 0.1) is 17.5 Å². The van der Waals surface area contributed by atoms with Crippen molar-refractivity contribution in [1.82, 2.24) is 19.9 Å². The topological polar surface area (TPSA) is 141 Å². The van der Waals surface area contributed by atoms with Crippen LogP contribution in [0.15, 0.2) is 18.3 Å². The van der Waals surface area contributed by atoms with E-state index in [9.17, 15) is 47.2 Å². The molecule has 1 aromatic carbocycles. The van der Waals surface area contributed by atoms with E-state index in [-0.39, 0.29) is 30.1 Å². The number of alkyl halides is 2. The molecular weight excluding hydrogens is 591 g/mol. The SMILES string of the molecule is CN(C(=O)C(S[C@@H]1O[C@H](CO)[C@H](O)[C@H](n2cc(-c3cc(F)c(F)c(F)c3)nn2)[C@H]1O)C1(O)CCC(F)(F)CC1)C1CC1. The normalized spacial score (nSPS) is 29.7. The zero-order valence-electron chi connectivity index (χ0n) is 22.4. The lowest BCUT2D eigenvalue weighted by Gasteiger charge is -2.46. The summed E-state index contributed by atoms with van der Waals surface area (Å²) in [5.41, 5.74) is -3.52. The second-order valence-corrected chi connectivity index (χ2v) is 12.4. The first kappa shape index (κ1) is 31.1. The van der Waals surface area contributed by atoms with Crippen LogP contribution in [-0.2, 0) is 9.53 Å². The van der Waals surface area contributed by atoms with E-state index in [1.54, 1.807) is 7.05 Å². The molecule has 0 bridgehead atoms. The van der Waals surface area contributed by atoms with Gasteiger partial charge in [-0.2, -0.15) is 0 Å². The van der Waals surface area contributed by atoms with Crippen LogP contribution in [0.1, 0.15) is 44.6 Å². The standard InChI is InChI=1S/C26H31F5N4O6S/c1-34(13-2-3-13)23(39)22(25(40)4-6-26(30,31)7-5-25)42-24-21(38)19(20(37)17(11-36)41-24)35-10-16(32-33-35)12-8-14(27)18(29)15(28)9-12/h8-10,13,17,19-22,24,36-38,40H,2-7,11H2,1H3/t17-,19+,20+,21-,22?,24+/m1/s1. The third-order valence-electron chi connectivity index (χ3n) is 8.22. The van der Waals surface area contributed by atoms with Crippen LogP contribution < -0.4 is 0 Å². The molecule has 1 amide bonds. The lowest BCUT2D eigenvalue weighted by atomic mass is 9.80. The molecule has 2 saturated carbocycles. The zero-order valence-corrected chi connectivity index (χ0v) is 23.2. The van der Waals surface area contributed by atoms with Gasteiger partial charge in [-0.25, -0.2) is 26.6 Å². The fraction of sp³-hybridized carbons (Fsp3) is 0.654. The Morgan fingerprint density at radius 1 is 1.14 bits per heavy atom. The third-order valence-corrected chi connectivity index (χ3v) is 9.79. The molecule has 16 heteroatoms. The summed E-state index contributed by atoms with van der Waals surface area (Å²) in [4.78, 5) is 15.0. The Kier molecular flexibility index (Phi) is 8.59. The molecule has 4 N–H and O–H groups in total. The van der Waals surface area contributed by atoms with Crippen LogP contribution in [0.5, 0.6) is 0 Å². The van der Waals surface area contributed by atoms with Crippen LogP contribution >= 0.6 is 11.8 Å². The van der Waals surface area contributed by atoms with E-state index in [4.69, 9.17) is 4.74 Å². The number of aliphatic hydroxyl groups is 4. The summed E-state index contributed by atoms with van der Waals surface area (Å²) in [6.45, 7) is -0.728. The average Bonchev–Trinajstić information content (AvgIpc) is 3.69. The number of ether oxygens (including phenoxy) is 1. The Morgan fingerprint density at radius 2 is 1.76 bits per heavy atom. The molecule has 3 fully saturated rings. The highest BCUT2D eigenvalue weighted by Crippen LogP contribution is 2.47. The van der Waals surface area contributed by atoms with Gasteiger partial charge >= 0.3 is 0 Å². The molecule has 5 rings (SSSR count). The molecule has 0 radical (unpaired) electrons. The molecule has 232 valence electrons. The highest BCUT2D eigenvalue weighted by atomic mass is 32.2. The number of amides is 1. The lowest BCUT2D eigenvalue weighted by Crippen LogP contribution is -2.58. The lowest BCUT2D eigenvalue weighted by molar-refractivity contribution is -0.179. The van der Waals surface area contributed by atoms with E-state index in [0.29, 0.717) is 23.9 Å². The smallest absolute Gasteiger partial charge is 0.248 e. The van der Waals surface area contributed by atoms with Crippen molar-refractivity contribution < 1.29 is 51.9 Å². The minimum Gasteiger partial charge on any atom is -0.394 e. The number of rotatable bonds is 8. The first-order valence-electron chi connectivity index (χ1n) is 13.5. The summed E-state index contributed by atoms with van der Waals surface area (Å²) in [6, 6.07) is -0.0487. The first-order chi connectivity index (χ1) is 19.7. The highest BCUT2D eigenvalue weighted by Gasteiger charge is 2.54. The second kappa shape index (κ2) is 11.6. The van der Waals surface area contributed by atoms with Crippen LogP contribution in [0.25, 0.3) is 11.3 Å². The van der Waals surface area contributed by atoms with Crippen LogP contribution in [0.3, 0.4) is 0 Å². The second-order valence-electron chi connectivity index (χ2n) is 11.2. The van der Waals surface area contributed by atoms with Crippen LogP contribution in [-0.4, -0.2) is 106 Å². The Labute approximate surface area is 241 Å². The predicted molar refractivity (Wildman–Crippen MR) is 138 cm³/mol. The molecule has 1 unspecified atom stereocenters. The van der Waals surface area contributed by atoms with Gasteiger partial charge < -0.3 is 30.1 Å². The third kappa shape index (κ3) is 6.01. The van der Waals surface area contributed by atoms with Crippen molar-refractivity contribution in [3.8, 4) is 11.3 Å². The molecule has 10 nitrogen and oxygen atoms in total. The molecule has 3 aliphatic rings. The van der Waals surface area contributed by atoms with E-state index in [0.717, 1.165) is 23.7 Å². The molecule has 1 saturated heterocycles. The highest BCUT2D eigenvalue weighted by molar-refractivity contribution is 8.01. The number of nitrogens with zero attached hydrogens (tertiary/aromatic N) is 4. The number of benzene rings is 1. The largest absolute Gasteiger partial charge is 0.394 e. The first-order valence-corrected chi connectivity index (χ1v) is 14.4. The number of aromatic nitrogens is 3. The van der Waals surface area contributed by atoms with Crippen molar-refractivity contribution in [1.29, 1.82) is 0 Å². The van der Waals surface area contributed by atoms with Gasteiger partial charge in [-0.3, -0.25) is 4.79 Å². The van der Waals surface area contributed by atoms with Crippen molar-refractivity contribution in [2.75, 3.05) is 13.7 Å². The van der Waals surface area contributed by atoms with E-state index >= 15 is 0 Å². The van der Waals surface area contributed by atoms with E-state index in [1.807, 2.05) is 0 Å². The van der Waals surface area contributed by atoms with Crippen molar-refractivity contribution in [3.05, 3.63) is 35.8 Å². The van der Waals surface area contributed by atoms with Gasteiger partial charge in [0.1, 0.15) is 40.7 Å². The minimum absolute atomic E-state index is 0.0686. The van der Waals surface area contributed by atoms with E-state index < -0.39 is 89.4 Å². The number of thioether (sulfide) groups is 1. The van der Waals surface area contributed by atoms with E-state index in [2.05, 4.69) is 10.3 Å². The number of carbonyl (C=O) groups is 1. The number of hydrogen-bond donors (Lipinski definition) is 4. The molecule has 2 heterocycles. The summed E-state index contributed by atoms with van der Waals surface area (Å²) in [5.74, 6) is -8.13. The maximum Gasteiger partial charge on any atom is 0.248 e. The Hall–Kier alpha value is -2.37. The van der Waals surface area contributed by atoms with Crippen molar-refractivity contribution in [2.45, 2.75) is 91.1 Å². The van der Waals surface area contributed by atoms with Gasteiger partial charge in [0.2, 0.25) is 11.8 Å². The average molecular weight is 623 g/mol. The van der Waals surface area contributed by atoms with Crippen molar-refractivity contribution in [3.63, 3.8) is 0 Å². The van der Waals surface area contributed by atoms with Gasteiger partial charge in [0.25, 0.3) is 0 Å². The summed E-state index contributed by atoms with van der Waals surface area (Å²) in [6.07, 6.45) is -3.95. The van der Waals surface area contributed by atoms with Crippen molar-refractivity contribution >= 4 is 17.7 Å². The van der Waals surface area contributed by atoms with Gasteiger partial charge in [0.05, 0.1) is 18.4 Å². The number of hydrogen-bond acceptors (Lipinski definition) is 9. The van der Waals surface area contributed by atoms with Crippen molar-refractivity contribution in [2.24, 2.45) is 0 Å². The molecule has 42 heavy (non-hydrogen) atoms. The van der Waals surface area contributed by atoms with Crippen LogP contribution in [0.4, 0.5) is 22.0 Å². The molecule has 1 aromatic heterocycles. The van der Waals surface area contributed by atoms with Gasteiger partial charge in [-0.1, -0.05) is 5.21 Å². The number of carbonyl (C=O) groups excluding carboxylic acids is 1. The summed E-state index contributed by atoms with van der Waals surface area (Å²) in [5, 5.41) is 50.0. The fourth-order valence-electron chi connectivity index (χ4n) is 5.44. The summed E-state index contributed by atoms with van der Waals surface area (Å²) >= 11 is 0.706. The number of aliphatic hydroxyl groups excluding tert-OH is 3. The molecular formula is C26H31F5N4O6S. The van der Waals surface area contributed by atoms with Gasteiger partial charge in [-0.15, -0.1) is 16.9 Å². The molecule has 1 aliphatic heterocycles. The Bertz CT molecular complexity index is 1280. The Morgan fingerprint density at radius 3 is 2.33 bits per heavy atom. The minimum atomic E-state index is -2.99. The monoisotopic (exact) mass is 622 g/mol. The van der Waals surface area contributed by atoms with Crippen LogP contribution in [0.2, 0.25) is 0 Å². The molecule has 2 aliphatic carbocycles. The van der Waals surface area contributed by atoms with Gasteiger partial charge in [0.15, 0.2) is 17.5 Å². The number of halogens is 5. The summed E-state index contributed by atoms with van der Waals surface area (Å²) < 4.78 is 75.7. The van der Waals surface area contributed by atoms with E-state index in [1.165, 1.54) is 4.90 Å². The summed E-state index contributed by atoms with van der Waals surface area (Å²) in [7, 11) is 1.55. The predicted octanol–water partition coefficient (Wildman–Crippen LogP) is 2.01. The zero-order chi connectivity index (χ0) is 30.6.